The Morgan fingerprint density at radius 3 is 2.53 bits per heavy atom. The van der Waals surface area contributed by atoms with Crippen LogP contribution in [0.1, 0.15) is 10.6 Å². The average Bonchev–Trinajstić information content (AvgIpc) is 2.68. The molecule has 0 spiro atoms. The molecule has 0 saturated carbocycles. The van der Waals surface area contributed by atoms with Crippen molar-refractivity contribution < 1.29 is 19.1 Å². The molecule has 0 aliphatic rings. The Hall–Kier alpha value is -2.23. The fourth-order valence-corrected chi connectivity index (χ4v) is 1.11. The van der Waals surface area contributed by atoms with Crippen molar-refractivity contribution in [3.8, 4) is 11.5 Å². The SMILES string of the molecule is O=C(O)c1cc(Oc2ccccc2)co1. The summed E-state index contributed by atoms with van der Waals surface area (Å²) in [7, 11) is 0. The zero-order chi connectivity index (χ0) is 10.7. The molecule has 1 aromatic carbocycles. The first-order valence-corrected chi connectivity index (χ1v) is 4.30. The largest absolute Gasteiger partial charge is 0.475 e. The lowest BCUT2D eigenvalue weighted by Gasteiger charge is -1.99. The second-order valence-corrected chi connectivity index (χ2v) is 2.87. The fourth-order valence-electron chi connectivity index (χ4n) is 1.11. The molecule has 0 fully saturated rings. The highest BCUT2D eigenvalue weighted by Crippen LogP contribution is 2.23. The number of aromatic carboxylic acids is 1. The van der Waals surface area contributed by atoms with Gasteiger partial charge in [0.2, 0.25) is 5.76 Å². The van der Waals surface area contributed by atoms with Crippen molar-refractivity contribution in [1.82, 2.24) is 0 Å². The van der Waals surface area contributed by atoms with Gasteiger partial charge in [-0.2, -0.15) is 0 Å². The van der Waals surface area contributed by atoms with Crippen molar-refractivity contribution in [2.75, 3.05) is 0 Å². The molecule has 0 saturated heterocycles. The van der Waals surface area contributed by atoms with E-state index in [1.807, 2.05) is 18.2 Å². The molecule has 0 bridgehead atoms. The van der Waals surface area contributed by atoms with Crippen LogP contribution in [-0.2, 0) is 0 Å². The third kappa shape index (κ3) is 2.17. The minimum absolute atomic E-state index is 0.138. The maximum atomic E-state index is 10.5. The first-order chi connectivity index (χ1) is 7.25. The van der Waals surface area contributed by atoms with Gasteiger partial charge in [0.15, 0.2) is 5.75 Å². The van der Waals surface area contributed by atoms with Crippen LogP contribution in [0.15, 0.2) is 47.1 Å². The van der Waals surface area contributed by atoms with Crippen LogP contribution in [0.25, 0.3) is 0 Å². The summed E-state index contributed by atoms with van der Waals surface area (Å²) in [5, 5.41) is 8.61. The summed E-state index contributed by atoms with van der Waals surface area (Å²) in [4.78, 5) is 10.5. The van der Waals surface area contributed by atoms with E-state index in [1.165, 1.54) is 12.3 Å². The molecule has 2 rings (SSSR count). The Labute approximate surface area is 85.7 Å². The Balaban J connectivity index is 2.15. The van der Waals surface area contributed by atoms with Gasteiger partial charge in [0.1, 0.15) is 12.0 Å². The quantitative estimate of drug-likeness (QED) is 0.835. The van der Waals surface area contributed by atoms with Gasteiger partial charge in [0.25, 0.3) is 0 Å². The van der Waals surface area contributed by atoms with E-state index < -0.39 is 5.97 Å². The van der Waals surface area contributed by atoms with Crippen molar-refractivity contribution in [3.05, 3.63) is 48.4 Å². The lowest BCUT2D eigenvalue weighted by atomic mass is 10.3. The van der Waals surface area contributed by atoms with E-state index in [0.29, 0.717) is 11.5 Å². The van der Waals surface area contributed by atoms with Crippen LogP contribution in [0.3, 0.4) is 0 Å². The van der Waals surface area contributed by atoms with Crippen LogP contribution in [-0.4, -0.2) is 11.1 Å². The molecule has 4 nitrogen and oxygen atoms in total. The van der Waals surface area contributed by atoms with Crippen molar-refractivity contribution in [3.63, 3.8) is 0 Å². The van der Waals surface area contributed by atoms with E-state index in [2.05, 4.69) is 0 Å². The number of benzene rings is 1. The highest BCUT2D eigenvalue weighted by Gasteiger charge is 2.09. The zero-order valence-electron chi connectivity index (χ0n) is 7.71. The maximum absolute atomic E-state index is 10.5. The van der Waals surface area contributed by atoms with E-state index in [1.54, 1.807) is 12.1 Å². The van der Waals surface area contributed by atoms with Gasteiger partial charge >= 0.3 is 5.97 Å². The molecule has 0 radical (unpaired) electrons. The van der Waals surface area contributed by atoms with Crippen LogP contribution < -0.4 is 4.74 Å². The molecule has 1 heterocycles. The fraction of sp³-hybridized carbons (Fsp3) is 0. The molecule has 2 aromatic rings. The summed E-state index contributed by atoms with van der Waals surface area (Å²) < 4.78 is 10.1. The van der Waals surface area contributed by atoms with Gasteiger partial charge in [-0.25, -0.2) is 4.79 Å². The highest BCUT2D eigenvalue weighted by molar-refractivity contribution is 5.84. The summed E-state index contributed by atoms with van der Waals surface area (Å²) in [6.07, 6.45) is 1.26. The Kier molecular flexibility index (Phi) is 2.41. The molecular formula is C11H8O4. The summed E-state index contributed by atoms with van der Waals surface area (Å²) in [6.45, 7) is 0. The second kappa shape index (κ2) is 3.88. The van der Waals surface area contributed by atoms with Gasteiger partial charge in [-0.05, 0) is 12.1 Å². The lowest BCUT2D eigenvalue weighted by molar-refractivity contribution is 0.0662. The molecule has 0 aliphatic carbocycles. The van der Waals surface area contributed by atoms with Crippen LogP contribution in [0.4, 0.5) is 0 Å². The highest BCUT2D eigenvalue weighted by atomic mass is 16.5. The predicted octanol–water partition coefficient (Wildman–Crippen LogP) is 2.77. The Morgan fingerprint density at radius 1 is 1.20 bits per heavy atom. The van der Waals surface area contributed by atoms with Gasteiger partial charge in [0, 0.05) is 6.07 Å². The molecule has 0 aliphatic heterocycles. The van der Waals surface area contributed by atoms with Crippen molar-refractivity contribution in [2.45, 2.75) is 0 Å². The van der Waals surface area contributed by atoms with E-state index in [-0.39, 0.29) is 5.76 Å². The average molecular weight is 204 g/mol. The number of carboxylic acids is 1. The molecule has 1 N–H and O–H groups in total. The smallest absolute Gasteiger partial charge is 0.371 e. The molecule has 15 heavy (non-hydrogen) atoms. The number of hydrogen-bond donors (Lipinski definition) is 1. The number of para-hydroxylation sites is 1. The minimum Gasteiger partial charge on any atom is -0.475 e. The summed E-state index contributed by atoms with van der Waals surface area (Å²) in [5.41, 5.74) is 0. The van der Waals surface area contributed by atoms with Crippen LogP contribution in [0.2, 0.25) is 0 Å². The molecule has 0 atom stereocenters. The van der Waals surface area contributed by atoms with Gasteiger partial charge in [-0.3, -0.25) is 0 Å². The third-order valence-electron chi connectivity index (χ3n) is 1.77. The molecule has 0 amide bonds. The van der Waals surface area contributed by atoms with E-state index in [9.17, 15) is 4.79 Å². The maximum Gasteiger partial charge on any atom is 0.371 e. The van der Waals surface area contributed by atoms with Crippen LogP contribution in [0, 0.1) is 0 Å². The number of hydrogen-bond acceptors (Lipinski definition) is 3. The predicted molar refractivity (Wildman–Crippen MR) is 52.2 cm³/mol. The molecule has 0 unspecified atom stereocenters. The van der Waals surface area contributed by atoms with E-state index in [4.69, 9.17) is 14.3 Å². The van der Waals surface area contributed by atoms with Gasteiger partial charge in [0.05, 0.1) is 0 Å². The first kappa shape index (κ1) is 9.33. The molecular weight excluding hydrogens is 196 g/mol. The molecule has 4 heteroatoms. The second-order valence-electron chi connectivity index (χ2n) is 2.87. The lowest BCUT2D eigenvalue weighted by Crippen LogP contribution is -1.91. The number of carboxylic acid groups (broad SMARTS) is 1. The summed E-state index contributed by atoms with van der Waals surface area (Å²) in [5.74, 6) is -0.243. The van der Waals surface area contributed by atoms with Gasteiger partial charge in [-0.15, -0.1) is 0 Å². The van der Waals surface area contributed by atoms with Gasteiger partial charge in [-0.1, -0.05) is 18.2 Å². The number of furan rings is 1. The van der Waals surface area contributed by atoms with Crippen LogP contribution in [0.5, 0.6) is 11.5 Å². The van der Waals surface area contributed by atoms with E-state index in [0.717, 1.165) is 0 Å². The third-order valence-corrected chi connectivity index (χ3v) is 1.77. The molecule has 76 valence electrons. The summed E-state index contributed by atoms with van der Waals surface area (Å²) >= 11 is 0. The number of ether oxygens (including phenoxy) is 1. The van der Waals surface area contributed by atoms with Crippen LogP contribution >= 0.6 is 0 Å². The summed E-state index contributed by atoms with van der Waals surface area (Å²) in [6, 6.07) is 10.4. The van der Waals surface area contributed by atoms with E-state index >= 15 is 0 Å². The molecule has 1 aromatic heterocycles. The number of carbonyl (C=O) groups is 1. The zero-order valence-corrected chi connectivity index (χ0v) is 7.71. The Bertz CT molecular complexity index is 458. The topological polar surface area (TPSA) is 59.7 Å². The van der Waals surface area contributed by atoms with Crippen molar-refractivity contribution in [1.29, 1.82) is 0 Å². The monoisotopic (exact) mass is 204 g/mol. The number of rotatable bonds is 3. The van der Waals surface area contributed by atoms with Crippen molar-refractivity contribution in [2.24, 2.45) is 0 Å². The Morgan fingerprint density at radius 2 is 1.93 bits per heavy atom. The first-order valence-electron chi connectivity index (χ1n) is 4.30. The normalized spacial score (nSPS) is 9.87. The van der Waals surface area contributed by atoms with Gasteiger partial charge < -0.3 is 14.3 Å². The van der Waals surface area contributed by atoms with Crippen molar-refractivity contribution >= 4 is 5.97 Å². The minimum atomic E-state index is -1.11. The standard InChI is InChI=1S/C11H8O4/c12-11(13)10-6-9(7-14-10)15-8-4-2-1-3-5-8/h1-7H,(H,12,13).